The number of hydrogen-bond acceptors (Lipinski definition) is 5. The van der Waals surface area contributed by atoms with E-state index < -0.39 is 0 Å². The van der Waals surface area contributed by atoms with Crippen molar-refractivity contribution in [3.8, 4) is 0 Å². The lowest BCUT2D eigenvalue weighted by Crippen LogP contribution is -2.32. The molecule has 134 valence electrons. The number of furan rings is 1. The molecule has 25 heavy (non-hydrogen) atoms. The summed E-state index contributed by atoms with van der Waals surface area (Å²) in [7, 11) is 1.94. The summed E-state index contributed by atoms with van der Waals surface area (Å²) in [6, 6.07) is 3.76. The number of carbonyl (C=O) groups is 1. The zero-order valence-corrected chi connectivity index (χ0v) is 15.6. The smallest absolute Gasteiger partial charge is 0.237 e. The van der Waals surface area contributed by atoms with Gasteiger partial charge in [-0.2, -0.15) is 0 Å². The number of aromatic nitrogens is 3. The Morgan fingerprint density at radius 2 is 2.28 bits per heavy atom. The second kappa shape index (κ2) is 8.38. The highest BCUT2D eigenvalue weighted by atomic mass is 32.2. The number of amides is 1. The van der Waals surface area contributed by atoms with Gasteiger partial charge < -0.3 is 13.9 Å². The van der Waals surface area contributed by atoms with E-state index in [-0.39, 0.29) is 5.91 Å². The number of nitrogens with zero attached hydrogens (tertiary/aromatic N) is 4. The first-order valence-corrected chi connectivity index (χ1v) is 9.70. The fraction of sp³-hybridized carbons (Fsp3) is 0.500. The van der Waals surface area contributed by atoms with Gasteiger partial charge in [-0.25, -0.2) is 0 Å². The van der Waals surface area contributed by atoms with Gasteiger partial charge in [0.1, 0.15) is 11.6 Å². The summed E-state index contributed by atoms with van der Waals surface area (Å²) >= 11 is 1.44. The van der Waals surface area contributed by atoms with Crippen LogP contribution in [0.25, 0.3) is 0 Å². The van der Waals surface area contributed by atoms with Gasteiger partial charge in [0.25, 0.3) is 0 Å². The maximum absolute atomic E-state index is 12.9. The average Bonchev–Trinajstić information content (AvgIpc) is 3.28. The summed E-state index contributed by atoms with van der Waals surface area (Å²) in [5.41, 5.74) is 1.11. The second-order valence-electron chi connectivity index (χ2n) is 6.10. The zero-order chi connectivity index (χ0) is 17.6. The van der Waals surface area contributed by atoms with Crippen LogP contribution < -0.4 is 0 Å². The third-order valence-electron chi connectivity index (χ3n) is 4.37. The minimum atomic E-state index is 0.0793. The minimum absolute atomic E-state index is 0.0793. The molecule has 3 rings (SSSR count). The lowest BCUT2D eigenvalue weighted by atomic mass is 10.0. The Bertz CT molecular complexity index is 736. The van der Waals surface area contributed by atoms with Crippen molar-refractivity contribution in [2.24, 2.45) is 7.05 Å². The van der Waals surface area contributed by atoms with Crippen LogP contribution in [0.2, 0.25) is 0 Å². The molecular formula is C18H24N4O2S. The lowest BCUT2D eigenvalue weighted by molar-refractivity contribution is -0.127. The Morgan fingerprint density at radius 1 is 1.40 bits per heavy atom. The first kappa shape index (κ1) is 17.8. The quantitative estimate of drug-likeness (QED) is 0.707. The summed E-state index contributed by atoms with van der Waals surface area (Å²) in [6.07, 6.45) is 8.97. The van der Waals surface area contributed by atoms with Gasteiger partial charge in [-0.1, -0.05) is 24.8 Å². The third kappa shape index (κ3) is 4.34. The van der Waals surface area contributed by atoms with E-state index in [9.17, 15) is 4.79 Å². The van der Waals surface area contributed by atoms with Gasteiger partial charge in [0.15, 0.2) is 5.16 Å². The summed E-state index contributed by atoms with van der Waals surface area (Å²) < 4.78 is 7.40. The maximum atomic E-state index is 12.9. The minimum Gasteiger partial charge on any atom is -0.467 e. The van der Waals surface area contributed by atoms with E-state index in [1.54, 1.807) is 6.26 Å². The molecule has 0 atom stereocenters. The monoisotopic (exact) mass is 360 g/mol. The highest BCUT2D eigenvalue weighted by molar-refractivity contribution is 7.99. The van der Waals surface area contributed by atoms with Crippen LogP contribution in [0.5, 0.6) is 0 Å². The van der Waals surface area contributed by atoms with Gasteiger partial charge in [0.05, 0.1) is 18.6 Å². The van der Waals surface area contributed by atoms with Gasteiger partial charge in [0, 0.05) is 19.2 Å². The molecule has 0 N–H and O–H groups in total. The predicted molar refractivity (Wildman–Crippen MR) is 96.9 cm³/mol. The molecule has 0 radical (unpaired) electrons. The second-order valence-corrected chi connectivity index (χ2v) is 7.04. The van der Waals surface area contributed by atoms with Crippen LogP contribution >= 0.6 is 11.8 Å². The molecule has 0 bridgehead atoms. The van der Waals surface area contributed by atoms with Crippen LogP contribution in [-0.2, 0) is 24.8 Å². The topological polar surface area (TPSA) is 64.2 Å². The van der Waals surface area contributed by atoms with Crippen LogP contribution in [0.3, 0.4) is 0 Å². The van der Waals surface area contributed by atoms with E-state index in [1.165, 1.54) is 18.2 Å². The molecule has 1 amide bonds. The summed E-state index contributed by atoms with van der Waals surface area (Å²) in [5, 5.41) is 9.11. The summed E-state index contributed by atoms with van der Waals surface area (Å²) in [5.74, 6) is 2.15. The van der Waals surface area contributed by atoms with Crippen molar-refractivity contribution in [1.29, 1.82) is 0 Å². The molecule has 0 saturated heterocycles. The number of hydrogen-bond donors (Lipinski definition) is 0. The van der Waals surface area contributed by atoms with Crippen molar-refractivity contribution in [1.82, 2.24) is 19.7 Å². The van der Waals surface area contributed by atoms with Crippen molar-refractivity contribution in [3.05, 3.63) is 41.8 Å². The Morgan fingerprint density at radius 3 is 2.92 bits per heavy atom. The van der Waals surface area contributed by atoms with Crippen LogP contribution in [-0.4, -0.2) is 31.3 Å². The molecule has 7 heteroatoms. The van der Waals surface area contributed by atoms with Gasteiger partial charge >= 0.3 is 0 Å². The van der Waals surface area contributed by atoms with E-state index in [1.807, 2.05) is 35.6 Å². The predicted octanol–water partition coefficient (Wildman–Crippen LogP) is 3.55. The Hall–Kier alpha value is -2.02. The number of thioether (sulfide) groups is 1. The molecule has 0 spiro atoms. The number of allylic oxidation sites excluding steroid dienone is 2. The third-order valence-corrected chi connectivity index (χ3v) is 5.38. The fourth-order valence-corrected chi connectivity index (χ4v) is 3.76. The number of rotatable bonds is 7. The van der Waals surface area contributed by atoms with Crippen LogP contribution in [0.4, 0.5) is 0 Å². The van der Waals surface area contributed by atoms with Crippen LogP contribution in [0, 0.1) is 0 Å². The van der Waals surface area contributed by atoms with E-state index in [0.29, 0.717) is 12.3 Å². The summed E-state index contributed by atoms with van der Waals surface area (Å²) in [6.45, 7) is 2.53. The van der Waals surface area contributed by atoms with Crippen molar-refractivity contribution in [2.45, 2.75) is 50.7 Å². The average molecular weight is 360 g/mol. The Labute approximate surface area is 152 Å². The van der Waals surface area contributed by atoms with Crippen LogP contribution in [0.15, 0.2) is 39.7 Å². The number of aryl methyl sites for hydroxylation is 1. The molecule has 0 aliphatic heterocycles. The van der Waals surface area contributed by atoms with E-state index in [4.69, 9.17) is 4.42 Å². The largest absolute Gasteiger partial charge is 0.467 e. The molecular weight excluding hydrogens is 336 g/mol. The molecule has 2 heterocycles. The van der Waals surface area contributed by atoms with E-state index >= 15 is 0 Å². The maximum Gasteiger partial charge on any atom is 0.237 e. The first-order valence-electron chi connectivity index (χ1n) is 8.72. The molecule has 0 aromatic carbocycles. The van der Waals surface area contributed by atoms with Crippen molar-refractivity contribution in [3.63, 3.8) is 0 Å². The van der Waals surface area contributed by atoms with Crippen molar-refractivity contribution < 1.29 is 9.21 Å². The van der Waals surface area contributed by atoms with Crippen molar-refractivity contribution in [2.75, 3.05) is 5.75 Å². The normalized spacial score (nSPS) is 14.4. The molecule has 6 nitrogen and oxygen atoms in total. The lowest BCUT2D eigenvalue weighted by Gasteiger charge is -2.27. The Kier molecular flexibility index (Phi) is 5.96. The zero-order valence-electron chi connectivity index (χ0n) is 14.8. The standard InChI is InChI=1S/C18H24N4O2S/c1-3-16-19-20-18(21(16)2)25-13-17(23)22(12-15-10-7-11-24-15)14-8-5-4-6-9-14/h7-8,10-11H,3-6,9,12-13H2,1-2H3. The molecule has 0 unspecified atom stereocenters. The van der Waals surface area contributed by atoms with Gasteiger partial charge in [-0.05, 0) is 37.8 Å². The van der Waals surface area contributed by atoms with Crippen LogP contribution in [0.1, 0.15) is 44.2 Å². The fourth-order valence-electron chi connectivity index (χ4n) is 2.96. The van der Waals surface area contributed by atoms with Gasteiger partial charge in [0.2, 0.25) is 5.91 Å². The van der Waals surface area contributed by atoms with E-state index in [2.05, 4.69) is 16.3 Å². The number of carbonyl (C=O) groups excluding carboxylic acids is 1. The SMILES string of the molecule is CCc1nnc(SCC(=O)N(Cc2ccco2)C2=CCCCC2)n1C. The molecule has 0 saturated carbocycles. The van der Waals surface area contributed by atoms with Gasteiger partial charge in [-0.3, -0.25) is 4.79 Å². The first-order chi connectivity index (χ1) is 12.2. The Balaban J connectivity index is 1.69. The highest BCUT2D eigenvalue weighted by Gasteiger charge is 2.22. The van der Waals surface area contributed by atoms with Crippen molar-refractivity contribution >= 4 is 17.7 Å². The molecule has 1 aliphatic rings. The highest BCUT2D eigenvalue weighted by Crippen LogP contribution is 2.25. The molecule has 1 aliphatic carbocycles. The molecule has 2 aromatic heterocycles. The molecule has 2 aromatic rings. The summed E-state index contributed by atoms with van der Waals surface area (Å²) in [4.78, 5) is 14.8. The van der Waals surface area contributed by atoms with Gasteiger partial charge in [-0.15, -0.1) is 10.2 Å². The molecule has 0 fully saturated rings. The van der Waals surface area contributed by atoms with E-state index in [0.717, 1.165) is 48.1 Å².